The molecule has 0 aliphatic heterocycles. The van der Waals surface area contributed by atoms with Crippen LogP contribution in [0.2, 0.25) is 5.02 Å². The number of rotatable bonds is 2. The number of nitrogens with one attached hydrogen (secondary N) is 2. The molecule has 128 valence electrons. The molecule has 0 fully saturated rings. The molecule has 3 rings (SSSR count). The molecule has 2 aromatic carbocycles. The Morgan fingerprint density at radius 1 is 1.12 bits per heavy atom. The summed E-state index contributed by atoms with van der Waals surface area (Å²) in [5.41, 5.74) is 4.59. The normalized spacial score (nSPS) is 10.7. The second kappa shape index (κ2) is 7.07. The number of carbonyl (C=O) groups excluding carboxylic acids is 1. The molecule has 0 spiro atoms. The number of carbonyl (C=O) groups is 1. The smallest absolute Gasteiger partial charge is 0.257 e. The first-order valence-electron chi connectivity index (χ1n) is 7.60. The van der Waals surface area contributed by atoms with Crippen LogP contribution in [-0.2, 0) is 0 Å². The maximum atomic E-state index is 12.3. The topological polar surface area (TPSA) is 54.0 Å². The Kier molecular flexibility index (Phi) is 5.03. The fraction of sp³-hybridized carbons (Fsp3) is 0.167. The molecule has 4 nitrogen and oxygen atoms in total. The summed E-state index contributed by atoms with van der Waals surface area (Å²) in [5.74, 6) is -0.312. The summed E-state index contributed by atoms with van der Waals surface area (Å²) >= 11 is 12.8. The minimum atomic E-state index is -0.312. The van der Waals surface area contributed by atoms with E-state index in [1.54, 1.807) is 18.2 Å². The van der Waals surface area contributed by atoms with Gasteiger partial charge in [0, 0.05) is 10.6 Å². The second-order valence-corrected chi connectivity index (χ2v) is 7.58. The molecule has 1 aromatic heterocycles. The van der Waals surface area contributed by atoms with Crippen LogP contribution in [0.15, 0.2) is 30.3 Å². The number of benzene rings is 2. The Labute approximate surface area is 160 Å². The molecule has 1 heterocycles. The summed E-state index contributed by atoms with van der Waals surface area (Å²) in [6.45, 7) is 5.95. The van der Waals surface area contributed by atoms with E-state index in [-0.39, 0.29) is 11.0 Å². The van der Waals surface area contributed by atoms with Crippen LogP contribution < -0.4 is 10.6 Å². The SMILES string of the molecule is Cc1ccc(C(=O)NC(=S)Nc2nc3c(C)ccc(C)c3s2)cc1Cl. The molecule has 0 bridgehead atoms. The van der Waals surface area contributed by atoms with Crippen molar-refractivity contribution in [1.82, 2.24) is 10.3 Å². The molecule has 0 atom stereocenters. The van der Waals surface area contributed by atoms with Crippen molar-refractivity contribution >= 4 is 61.5 Å². The number of aromatic nitrogens is 1. The summed E-state index contributed by atoms with van der Waals surface area (Å²) in [4.78, 5) is 16.8. The van der Waals surface area contributed by atoms with Gasteiger partial charge in [0.25, 0.3) is 5.91 Å². The summed E-state index contributed by atoms with van der Waals surface area (Å²) in [6, 6.07) is 9.25. The zero-order valence-corrected chi connectivity index (χ0v) is 16.3. The third kappa shape index (κ3) is 3.81. The Bertz CT molecular complexity index is 958. The van der Waals surface area contributed by atoms with Crippen LogP contribution >= 0.6 is 35.2 Å². The van der Waals surface area contributed by atoms with E-state index in [2.05, 4.69) is 21.7 Å². The second-order valence-electron chi connectivity index (χ2n) is 5.77. The van der Waals surface area contributed by atoms with E-state index >= 15 is 0 Å². The van der Waals surface area contributed by atoms with Crippen molar-refractivity contribution in [3.05, 3.63) is 57.6 Å². The third-order valence-corrected chi connectivity index (χ3v) is 5.54. The van der Waals surface area contributed by atoms with Gasteiger partial charge in [-0.1, -0.05) is 41.1 Å². The molecule has 0 aliphatic rings. The lowest BCUT2D eigenvalue weighted by Crippen LogP contribution is -2.34. The minimum absolute atomic E-state index is 0.205. The fourth-order valence-corrected chi connectivity index (χ4v) is 3.80. The Morgan fingerprint density at radius 2 is 1.80 bits per heavy atom. The molecule has 0 saturated heterocycles. The van der Waals surface area contributed by atoms with Gasteiger partial charge in [-0.3, -0.25) is 10.1 Å². The van der Waals surface area contributed by atoms with E-state index in [9.17, 15) is 4.79 Å². The van der Waals surface area contributed by atoms with Crippen LogP contribution in [-0.4, -0.2) is 16.0 Å². The molecule has 0 radical (unpaired) electrons. The van der Waals surface area contributed by atoms with E-state index in [4.69, 9.17) is 23.8 Å². The molecule has 0 unspecified atom stereocenters. The molecule has 0 saturated carbocycles. The van der Waals surface area contributed by atoms with Crippen molar-refractivity contribution in [2.75, 3.05) is 5.32 Å². The van der Waals surface area contributed by atoms with Crippen molar-refractivity contribution in [3.8, 4) is 0 Å². The van der Waals surface area contributed by atoms with Gasteiger partial charge in [-0.2, -0.15) is 0 Å². The maximum absolute atomic E-state index is 12.3. The Morgan fingerprint density at radius 3 is 2.48 bits per heavy atom. The number of hydrogen-bond acceptors (Lipinski definition) is 4. The lowest BCUT2D eigenvalue weighted by molar-refractivity contribution is 0.0977. The van der Waals surface area contributed by atoms with E-state index in [0.717, 1.165) is 26.9 Å². The van der Waals surface area contributed by atoms with Crippen LogP contribution in [0.1, 0.15) is 27.0 Å². The zero-order chi connectivity index (χ0) is 18.1. The number of anilines is 1. The van der Waals surface area contributed by atoms with Crippen molar-refractivity contribution in [1.29, 1.82) is 0 Å². The largest absolute Gasteiger partial charge is 0.308 e. The monoisotopic (exact) mass is 389 g/mol. The molecular formula is C18H16ClN3OS2. The lowest BCUT2D eigenvalue weighted by Gasteiger charge is -2.08. The number of thiazole rings is 1. The Hall–Kier alpha value is -2.02. The highest BCUT2D eigenvalue weighted by atomic mass is 35.5. The van der Waals surface area contributed by atoms with Crippen molar-refractivity contribution in [2.24, 2.45) is 0 Å². The van der Waals surface area contributed by atoms with Crippen LogP contribution in [0.3, 0.4) is 0 Å². The van der Waals surface area contributed by atoms with Crippen LogP contribution in [0, 0.1) is 20.8 Å². The molecule has 2 N–H and O–H groups in total. The van der Waals surface area contributed by atoms with Crippen molar-refractivity contribution < 1.29 is 4.79 Å². The summed E-state index contributed by atoms with van der Waals surface area (Å²) in [5, 5.41) is 7.04. The average Bonchev–Trinajstić information content (AvgIpc) is 2.98. The zero-order valence-electron chi connectivity index (χ0n) is 13.9. The van der Waals surface area contributed by atoms with Gasteiger partial charge >= 0.3 is 0 Å². The van der Waals surface area contributed by atoms with Gasteiger partial charge in [-0.05, 0) is 61.8 Å². The predicted octanol–water partition coefficient (Wildman–Crippen LogP) is 5.00. The van der Waals surface area contributed by atoms with E-state index in [1.807, 2.05) is 26.8 Å². The van der Waals surface area contributed by atoms with Gasteiger partial charge in [0.15, 0.2) is 10.2 Å². The number of thiocarbonyl (C=S) groups is 1. The summed E-state index contributed by atoms with van der Waals surface area (Å²) in [7, 11) is 0. The minimum Gasteiger partial charge on any atom is -0.308 e. The van der Waals surface area contributed by atoms with Crippen molar-refractivity contribution in [3.63, 3.8) is 0 Å². The number of amides is 1. The number of aryl methyl sites for hydroxylation is 3. The van der Waals surface area contributed by atoms with Crippen LogP contribution in [0.25, 0.3) is 10.2 Å². The quantitative estimate of drug-likeness (QED) is 0.605. The lowest BCUT2D eigenvalue weighted by atomic mass is 10.1. The van der Waals surface area contributed by atoms with Gasteiger partial charge in [-0.15, -0.1) is 0 Å². The maximum Gasteiger partial charge on any atom is 0.257 e. The Balaban J connectivity index is 1.74. The van der Waals surface area contributed by atoms with E-state index in [1.165, 1.54) is 11.3 Å². The predicted molar refractivity (Wildman–Crippen MR) is 109 cm³/mol. The van der Waals surface area contributed by atoms with Crippen molar-refractivity contribution in [2.45, 2.75) is 20.8 Å². The first-order chi connectivity index (χ1) is 11.8. The van der Waals surface area contributed by atoms with Gasteiger partial charge in [0.05, 0.1) is 10.2 Å². The molecule has 1 amide bonds. The average molecular weight is 390 g/mol. The molecule has 25 heavy (non-hydrogen) atoms. The molecular weight excluding hydrogens is 374 g/mol. The highest BCUT2D eigenvalue weighted by Gasteiger charge is 2.12. The highest BCUT2D eigenvalue weighted by molar-refractivity contribution is 7.80. The van der Waals surface area contributed by atoms with Crippen LogP contribution in [0.5, 0.6) is 0 Å². The third-order valence-electron chi connectivity index (χ3n) is 3.82. The van der Waals surface area contributed by atoms with Gasteiger partial charge < -0.3 is 5.32 Å². The number of nitrogens with zero attached hydrogens (tertiary/aromatic N) is 1. The first-order valence-corrected chi connectivity index (χ1v) is 9.20. The first kappa shape index (κ1) is 17.8. The fourth-order valence-electron chi connectivity index (χ4n) is 2.35. The highest BCUT2D eigenvalue weighted by Crippen LogP contribution is 2.30. The molecule has 7 heteroatoms. The van der Waals surface area contributed by atoms with E-state index < -0.39 is 0 Å². The van der Waals surface area contributed by atoms with Gasteiger partial charge in [0.2, 0.25) is 0 Å². The molecule has 3 aromatic rings. The van der Waals surface area contributed by atoms with Gasteiger partial charge in [0.1, 0.15) is 0 Å². The van der Waals surface area contributed by atoms with E-state index in [0.29, 0.717) is 15.7 Å². The summed E-state index contributed by atoms with van der Waals surface area (Å²) < 4.78 is 1.11. The standard InChI is InChI=1S/C18H16ClN3OS2/c1-9-6-7-12(8-13(9)19)16(23)21-17(24)22-18-20-14-10(2)4-5-11(3)15(14)25-18/h4-8H,1-3H3,(H2,20,21,22,23,24). The van der Waals surface area contributed by atoms with Gasteiger partial charge in [-0.25, -0.2) is 4.98 Å². The summed E-state index contributed by atoms with van der Waals surface area (Å²) in [6.07, 6.45) is 0. The number of fused-ring (bicyclic) bond motifs is 1. The number of halogens is 1. The van der Waals surface area contributed by atoms with Crippen LogP contribution in [0.4, 0.5) is 5.13 Å². The number of hydrogen-bond donors (Lipinski definition) is 2. The molecule has 0 aliphatic carbocycles.